The van der Waals surface area contributed by atoms with Crippen molar-refractivity contribution in [1.29, 1.82) is 0 Å². The van der Waals surface area contributed by atoms with Crippen LogP contribution in [0.3, 0.4) is 0 Å². The Morgan fingerprint density at radius 1 is 1.21 bits per heavy atom. The van der Waals surface area contributed by atoms with E-state index in [1.165, 1.54) is 18.3 Å². The summed E-state index contributed by atoms with van der Waals surface area (Å²) in [6, 6.07) is 7.12. The fraction of sp³-hybridized carbons (Fsp3) is 0.381. The molecule has 2 aliphatic heterocycles. The lowest BCUT2D eigenvalue weighted by Gasteiger charge is -2.44. The predicted molar refractivity (Wildman–Crippen MR) is 109 cm³/mol. The number of aromatic nitrogens is 1. The first-order valence-corrected chi connectivity index (χ1v) is 9.79. The van der Waals surface area contributed by atoms with Crippen molar-refractivity contribution in [2.75, 3.05) is 35.6 Å². The lowest BCUT2D eigenvalue weighted by atomic mass is 9.73. The zero-order valence-electron chi connectivity index (χ0n) is 16.1. The van der Waals surface area contributed by atoms with Crippen molar-refractivity contribution in [3.05, 3.63) is 47.9 Å². The molecule has 2 amide bonds. The molecule has 2 aliphatic rings. The molecule has 2 aromatic rings. The van der Waals surface area contributed by atoms with E-state index >= 15 is 0 Å². The van der Waals surface area contributed by atoms with E-state index in [-0.39, 0.29) is 17.0 Å². The number of halogens is 1. The van der Waals surface area contributed by atoms with E-state index in [9.17, 15) is 14.0 Å². The SMILES string of the molecule is Nc1cc(F)ccc1NC(=O)c1ccc(N2CC3(CCNCC3)CCC2=O)nc1. The third-order valence-electron chi connectivity index (χ3n) is 5.88. The summed E-state index contributed by atoms with van der Waals surface area (Å²) in [5.41, 5.74) is 6.70. The maximum absolute atomic E-state index is 13.2. The number of hydrogen-bond acceptors (Lipinski definition) is 5. The topological polar surface area (TPSA) is 100 Å². The van der Waals surface area contributed by atoms with Crippen LogP contribution >= 0.6 is 0 Å². The number of pyridine rings is 1. The number of nitrogens with one attached hydrogen (secondary N) is 2. The molecule has 4 N–H and O–H groups in total. The van der Waals surface area contributed by atoms with E-state index in [1.54, 1.807) is 17.0 Å². The average Bonchev–Trinajstić information content (AvgIpc) is 2.73. The first-order chi connectivity index (χ1) is 14.0. The Kier molecular flexibility index (Phi) is 5.19. The van der Waals surface area contributed by atoms with Gasteiger partial charge >= 0.3 is 0 Å². The van der Waals surface area contributed by atoms with E-state index in [1.807, 2.05) is 0 Å². The molecule has 1 aromatic heterocycles. The summed E-state index contributed by atoms with van der Waals surface area (Å²) in [5, 5.41) is 6.03. The van der Waals surface area contributed by atoms with Gasteiger partial charge in [0.05, 0.1) is 16.9 Å². The van der Waals surface area contributed by atoms with Crippen molar-refractivity contribution in [1.82, 2.24) is 10.3 Å². The van der Waals surface area contributed by atoms with Crippen molar-refractivity contribution in [3.63, 3.8) is 0 Å². The molecule has 4 rings (SSSR count). The van der Waals surface area contributed by atoms with Crippen LogP contribution in [-0.2, 0) is 4.79 Å². The first-order valence-electron chi connectivity index (χ1n) is 9.79. The summed E-state index contributed by atoms with van der Waals surface area (Å²) in [7, 11) is 0. The minimum absolute atomic E-state index is 0.0675. The Hall–Kier alpha value is -3.00. The molecule has 0 radical (unpaired) electrons. The molecule has 0 saturated carbocycles. The van der Waals surface area contributed by atoms with Gasteiger partial charge in [0.25, 0.3) is 5.91 Å². The van der Waals surface area contributed by atoms with Crippen molar-refractivity contribution >= 4 is 29.0 Å². The van der Waals surface area contributed by atoms with E-state index in [4.69, 9.17) is 5.73 Å². The van der Waals surface area contributed by atoms with Crippen LogP contribution < -0.4 is 21.3 Å². The van der Waals surface area contributed by atoms with Gasteiger partial charge in [-0.2, -0.15) is 0 Å². The summed E-state index contributed by atoms with van der Waals surface area (Å²) < 4.78 is 13.2. The average molecular weight is 397 g/mol. The summed E-state index contributed by atoms with van der Waals surface area (Å²) >= 11 is 0. The molecule has 29 heavy (non-hydrogen) atoms. The predicted octanol–water partition coefficient (Wildman–Crippen LogP) is 2.55. The van der Waals surface area contributed by atoms with Crippen LogP contribution in [-0.4, -0.2) is 36.4 Å². The van der Waals surface area contributed by atoms with Gasteiger partial charge in [0.1, 0.15) is 11.6 Å². The van der Waals surface area contributed by atoms with Crippen molar-refractivity contribution in [3.8, 4) is 0 Å². The molecule has 0 unspecified atom stereocenters. The molecular formula is C21H24FN5O2. The normalized spacial score (nSPS) is 18.7. The molecule has 2 fully saturated rings. The van der Waals surface area contributed by atoms with Crippen molar-refractivity contribution in [2.45, 2.75) is 25.7 Å². The molecule has 8 heteroatoms. The highest BCUT2D eigenvalue weighted by Gasteiger charge is 2.40. The van der Waals surface area contributed by atoms with Gasteiger partial charge < -0.3 is 16.4 Å². The molecular weight excluding hydrogens is 373 g/mol. The lowest BCUT2D eigenvalue weighted by molar-refractivity contribution is -0.121. The number of piperidine rings is 2. The van der Waals surface area contributed by atoms with Crippen LogP contribution in [0.15, 0.2) is 36.5 Å². The van der Waals surface area contributed by atoms with E-state index in [2.05, 4.69) is 15.6 Å². The fourth-order valence-electron chi connectivity index (χ4n) is 4.11. The van der Waals surface area contributed by atoms with Gasteiger partial charge in [-0.25, -0.2) is 9.37 Å². The van der Waals surface area contributed by atoms with Gasteiger partial charge in [-0.05, 0) is 68.1 Å². The highest BCUT2D eigenvalue weighted by Crippen LogP contribution is 2.39. The van der Waals surface area contributed by atoms with Crippen LogP contribution in [0.25, 0.3) is 0 Å². The molecule has 1 aromatic carbocycles. The molecule has 152 valence electrons. The highest BCUT2D eigenvalue weighted by atomic mass is 19.1. The van der Waals surface area contributed by atoms with Crippen LogP contribution in [0.1, 0.15) is 36.0 Å². The second-order valence-electron chi connectivity index (χ2n) is 7.82. The number of benzene rings is 1. The Labute approximate surface area is 168 Å². The number of hydrogen-bond donors (Lipinski definition) is 3. The zero-order valence-corrected chi connectivity index (χ0v) is 16.1. The standard InChI is InChI=1S/C21H24FN5O2/c22-15-2-3-17(16(23)11-15)26-20(29)14-1-4-18(25-12-14)27-13-21(6-5-19(27)28)7-9-24-10-8-21/h1-4,11-12,24H,5-10,13,23H2,(H,26,29). The van der Waals surface area contributed by atoms with Crippen molar-refractivity contribution in [2.24, 2.45) is 5.41 Å². The molecule has 2 saturated heterocycles. The number of carbonyl (C=O) groups is 2. The Morgan fingerprint density at radius 3 is 2.69 bits per heavy atom. The largest absolute Gasteiger partial charge is 0.397 e. The third kappa shape index (κ3) is 4.07. The summed E-state index contributed by atoms with van der Waals surface area (Å²) in [4.78, 5) is 31.1. The second kappa shape index (κ2) is 7.79. The van der Waals surface area contributed by atoms with Crippen molar-refractivity contribution < 1.29 is 14.0 Å². The van der Waals surface area contributed by atoms with Gasteiger partial charge in [-0.15, -0.1) is 0 Å². The van der Waals surface area contributed by atoms with E-state index in [0.717, 1.165) is 38.4 Å². The van der Waals surface area contributed by atoms with E-state index in [0.29, 0.717) is 30.0 Å². The number of rotatable bonds is 3. The monoisotopic (exact) mass is 397 g/mol. The van der Waals surface area contributed by atoms with Gasteiger partial charge in [-0.3, -0.25) is 14.5 Å². The number of anilines is 3. The first kappa shape index (κ1) is 19.3. The quantitative estimate of drug-likeness (QED) is 0.691. The maximum atomic E-state index is 13.2. The molecule has 0 atom stereocenters. The number of nitrogen functional groups attached to an aromatic ring is 1. The van der Waals surface area contributed by atoms with Gasteiger partial charge in [0.15, 0.2) is 0 Å². The zero-order chi connectivity index (χ0) is 20.4. The van der Waals surface area contributed by atoms with Crippen LogP contribution in [0.4, 0.5) is 21.6 Å². The molecule has 0 aliphatic carbocycles. The smallest absolute Gasteiger partial charge is 0.257 e. The summed E-state index contributed by atoms with van der Waals surface area (Å²) in [6.07, 6.45) is 4.99. The molecule has 3 heterocycles. The Morgan fingerprint density at radius 2 is 2.00 bits per heavy atom. The molecule has 7 nitrogen and oxygen atoms in total. The Bertz CT molecular complexity index is 925. The van der Waals surface area contributed by atoms with Gasteiger partial charge in [0.2, 0.25) is 5.91 Å². The van der Waals surface area contributed by atoms with Crippen LogP contribution in [0.5, 0.6) is 0 Å². The molecule has 0 bridgehead atoms. The summed E-state index contributed by atoms with van der Waals surface area (Å²) in [5.74, 6) is -0.241. The highest BCUT2D eigenvalue weighted by molar-refractivity contribution is 6.05. The minimum atomic E-state index is -0.468. The third-order valence-corrected chi connectivity index (χ3v) is 5.88. The number of nitrogens with zero attached hydrogens (tertiary/aromatic N) is 2. The lowest BCUT2D eigenvalue weighted by Crippen LogP contribution is -2.51. The van der Waals surface area contributed by atoms with Crippen LogP contribution in [0.2, 0.25) is 0 Å². The second-order valence-corrected chi connectivity index (χ2v) is 7.82. The van der Waals surface area contributed by atoms with Gasteiger partial charge in [0, 0.05) is 19.2 Å². The fourth-order valence-corrected chi connectivity index (χ4v) is 4.11. The maximum Gasteiger partial charge on any atom is 0.257 e. The number of amides is 2. The Balaban J connectivity index is 1.48. The van der Waals surface area contributed by atoms with E-state index < -0.39 is 11.7 Å². The minimum Gasteiger partial charge on any atom is -0.397 e. The van der Waals surface area contributed by atoms with Crippen LogP contribution in [0, 0.1) is 11.2 Å². The van der Waals surface area contributed by atoms with Gasteiger partial charge in [-0.1, -0.05) is 0 Å². The number of nitrogens with two attached hydrogens (primary N) is 1. The number of carbonyl (C=O) groups excluding carboxylic acids is 2. The molecule has 1 spiro atoms. The summed E-state index contributed by atoms with van der Waals surface area (Å²) in [6.45, 7) is 2.61.